The lowest BCUT2D eigenvalue weighted by Gasteiger charge is -2.20. The van der Waals surface area contributed by atoms with Crippen LogP contribution >= 0.6 is 55.0 Å². The highest BCUT2D eigenvalue weighted by atomic mass is 79.9. The van der Waals surface area contributed by atoms with Gasteiger partial charge in [0.2, 0.25) is 0 Å². The van der Waals surface area contributed by atoms with Gasteiger partial charge in [-0.25, -0.2) is 4.98 Å². The molecular weight excluding hydrogens is 408 g/mol. The Bertz CT molecular complexity index is 528. The van der Waals surface area contributed by atoms with Crippen molar-refractivity contribution in [2.24, 2.45) is 5.73 Å². The zero-order chi connectivity index (χ0) is 13.8. The molecule has 2 aromatic rings. The van der Waals surface area contributed by atoms with Crippen molar-refractivity contribution in [3.05, 3.63) is 43.6 Å². The Hall–Kier alpha value is 0.120. The summed E-state index contributed by atoms with van der Waals surface area (Å²) in [5.41, 5.74) is 6.27. The van der Waals surface area contributed by atoms with Crippen LogP contribution in [0, 0.1) is 0 Å². The first-order valence-electron chi connectivity index (χ1n) is 5.88. The second-order valence-electron chi connectivity index (χ2n) is 4.09. The van der Waals surface area contributed by atoms with E-state index >= 15 is 0 Å². The van der Waals surface area contributed by atoms with E-state index in [-0.39, 0.29) is 11.3 Å². The van der Waals surface area contributed by atoms with Crippen LogP contribution in [0.1, 0.15) is 23.5 Å². The maximum atomic E-state index is 6.27. The number of halogens is 2. The third-order valence-electron chi connectivity index (χ3n) is 2.68. The molecule has 0 aliphatic heterocycles. The number of nitrogens with zero attached hydrogens (tertiary/aromatic N) is 1. The fraction of sp³-hybridized carbons (Fsp3) is 0.308. The lowest BCUT2D eigenvalue weighted by molar-refractivity contribution is 0.639. The molecule has 0 bridgehead atoms. The minimum absolute atomic E-state index is 0.126. The molecule has 0 radical (unpaired) electrons. The molecule has 0 spiro atoms. The van der Waals surface area contributed by atoms with E-state index in [0.29, 0.717) is 0 Å². The monoisotopic (exact) mass is 420 g/mol. The summed E-state index contributed by atoms with van der Waals surface area (Å²) in [6, 6.07) is 6.30. The Labute approximate surface area is 138 Å². The van der Waals surface area contributed by atoms with E-state index in [1.54, 1.807) is 23.1 Å². The molecular formula is C13H14Br2N2S2. The van der Waals surface area contributed by atoms with Crippen LogP contribution in [0.3, 0.4) is 0 Å². The SMILES string of the molecule is CCC(N)C(Sc1ccc(Br)cn1)c1cc(Br)cs1. The summed E-state index contributed by atoms with van der Waals surface area (Å²) in [7, 11) is 0. The molecule has 2 nitrogen and oxygen atoms in total. The van der Waals surface area contributed by atoms with Gasteiger partial charge < -0.3 is 5.73 Å². The lowest BCUT2D eigenvalue weighted by atomic mass is 10.1. The van der Waals surface area contributed by atoms with Crippen molar-refractivity contribution in [3.63, 3.8) is 0 Å². The number of thioether (sulfide) groups is 1. The van der Waals surface area contributed by atoms with E-state index in [9.17, 15) is 0 Å². The summed E-state index contributed by atoms with van der Waals surface area (Å²) in [6.07, 6.45) is 2.77. The van der Waals surface area contributed by atoms with Gasteiger partial charge in [0.25, 0.3) is 0 Å². The molecule has 2 aromatic heterocycles. The third kappa shape index (κ3) is 4.29. The van der Waals surface area contributed by atoms with Gasteiger partial charge in [-0.05, 0) is 56.5 Å². The average molecular weight is 422 g/mol. The predicted molar refractivity (Wildman–Crippen MR) is 90.8 cm³/mol. The van der Waals surface area contributed by atoms with Crippen LogP contribution in [-0.4, -0.2) is 11.0 Å². The molecule has 2 rings (SSSR count). The van der Waals surface area contributed by atoms with Gasteiger partial charge in [-0.2, -0.15) is 0 Å². The van der Waals surface area contributed by atoms with Gasteiger partial charge in [-0.1, -0.05) is 18.7 Å². The number of thiophene rings is 1. The van der Waals surface area contributed by atoms with Crippen LogP contribution in [0.4, 0.5) is 0 Å². The van der Waals surface area contributed by atoms with Crippen LogP contribution in [0.25, 0.3) is 0 Å². The van der Waals surface area contributed by atoms with Crippen LogP contribution in [-0.2, 0) is 0 Å². The molecule has 6 heteroatoms. The summed E-state index contributed by atoms with van der Waals surface area (Å²) < 4.78 is 2.11. The van der Waals surface area contributed by atoms with Crippen molar-refractivity contribution in [1.82, 2.24) is 4.98 Å². The number of pyridine rings is 1. The maximum absolute atomic E-state index is 6.27. The summed E-state index contributed by atoms with van der Waals surface area (Å²) in [5, 5.41) is 3.34. The van der Waals surface area contributed by atoms with Crippen LogP contribution in [0.2, 0.25) is 0 Å². The molecule has 2 unspecified atom stereocenters. The Morgan fingerprint density at radius 3 is 2.68 bits per heavy atom. The molecule has 19 heavy (non-hydrogen) atoms. The lowest BCUT2D eigenvalue weighted by Crippen LogP contribution is -2.25. The molecule has 2 heterocycles. The van der Waals surface area contributed by atoms with Crippen LogP contribution in [0.15, 0.2) is 43.7 Å². The standard InChI is InChI=1S/C13H14Br2N2S2/c1-2-10(16)13(11-5-9(15)7-18-11)19-12-4-3-8(14)6-17-12/h3-7,10,13H,2,16H2,1H3. The summed E-state index contributed by atoms with van der Waals surface area (Å²) >= 11 is 10.4. The van der Waals surface area contributed by atoms with Crippen molar-refractivity contribution < 1.29 is 0 Å². The highest BCUT2D eigenvalue weighted by Crippen LogP contribution is 2.40. The quantitative estimate of drug-likeness (QED) is 0.671. The van der Waals surface area contributed by atoms with Crippen LogP contribution in [0.5, 0.6) is 0 Å². The molecule has 0 amide bonds. The molecule has 102 valence electrons. The smallest absolute Gasteiger partial charge is 0.0967 e. The summed E-state index contributed by atoms with van der Waals surface area (Å²) in [6.45, 7) is 2.12. The second-order valence-corrected chi connectivity index (χ2v) is 8.03. The Morgan fingerprint density at radius 2 is 2.16 bits per heavy atom. The Morgan fingerprint density at radius 1 is 1.37 bits per heavy atom. The largest absolute Gasteiger partial charge is 0.326 e. The van der Waals surface area contributed by atoms with Gasteiger partial charge in [0.15, 0.2) is 0 Å². The van der Waals surface area contributed by atoms with Crippen molar-refractivity contribution in [2.75, 3.05) is 0 Å². The van der Waals surface area contributed by atoms with E-state index in [4.69, 9.17) is 5.73 Å². The fourth-order valence-electron chi connectivity index (χ4n) is 1.61. The van der Waals surface area contributed by atoms with Gasteiger partial charge >= 0.3 is 0 Å². The highest BCUT2D eigenvalue weighted by molar-refractivity contribution is 9.10. The first-order valence-corrected chi connectivity index (χ1v) is 9.22. The van der Waals surface area contributed by atoms with Crippen molar-refractivity contribution in [2.45, 2.75) is 29.7 Å². The Kier molecular flexibility index (Phi) is 5.89. The topological polar surface area (TPSA) is 38.9 Å². The number of hydrogen-bond donors (Lipinski definition) is 1. The number of rotatable bonds is 5. The van der Waals surface area contributed by atoms with E-state index in [0.717, 1.165) is 20.4 Å². The molecule has 0 saturated heterocycles. The van der Waals surface area contributed by atoms with Gasteiger partial charge in [0.1, 0.15) is 0 Å². The van der Waals surface area contributed by atoms with Gasteiger partial charge in [0, 0.05) is 31.4 Å². The molecule has 0 fully saturated rings. The third-order valence-corrected chi connectivity index (χ3v) is 6.41. The molecule has 2 atom stereocenters. The fourth-order valence-corrected chi connectivity index (χ4v) is 4.73. The number of hydrogen-bond acceptors (Lipinski definition) is 4. The minimum Gasteiger partial charge on any atom is -0.326 e. The van der Waals surface area contributed by atoms with E-state index in [2.05, 4.69) is 55.2 Å². The molecule has 2 N–H and O–H groups in total. The Balaban J connectivity index is 2.21. The van der Waals surface area contributed by atoms with E-state index in [1.165, 1.54) is 4.88 Å². The van der Waals surface area contributed by atoms with Gasteiger partial charge in [-0.3, -0.25) is 0 Å². The van der Waals surface area contributed by atoms with Crippen molar-refractivity contribution >= 4 is 55.0 Å². The molecule has 0 aliphatic rings. The predicted octanol–water partition coefficient (Wildman–Crippen LogP) is 5.24. The normalized spacial score (nSPS) is 14.3. The van der Waals surface area contributed by atoms with E-state index < -0.39 is 0 Å². The highest BCUT2D eigenvalue weighted by Gasteiger charge is 2.22. The van der Waals surface area contributed by atoms with Crippen molar-refractivity contribution in [3.8, 4) is 0 Å². The van der Waals surface area contributed by atoms with E-state index in [1.807, 2.05) is 18.3 Å². The summed E-state index contributed by atoms with van der Waals surface area (Å²) in [4.78, 5) is 5.71. The molecule has 0 aromatic carbocycles. The first-order chi connectivity index (χ1) is 9.10. The molecule has 0 saturated carbocycles. The van der Waals surface area contributed by atoms with Gasteiger partial charge in [0.05, 0.1) is 10.3 Å². The minimum atomic E-state index is 0.126. The second kappa shape index (κ2) is 7.22. The average Bonchev–Trinajstić information content (AvgIpc) is 2.83. The zero-order valence-electron chi connectivity index (χ0n) is 10.3. The zero-order valence-corrected chi connectivity index (χ0v) is 15.2. The van der Waals surface area contributed by atoms with Gasteiger partial charge in [-0.15, -0.1) is 11.3 Å². The summed E-state index contributed by atoms with van der Waals surface area (Å²) in [5.74, 6) is 0. The first kappa shape index (κ1) is 15.5. The van der Waals surface area contributed by atoms with Crippen LogP contribution < -0.4 is 5.73 Å². The molecule has 0 aliphatic carbocycles. The van der Waals surface area contributed by atoms with Crippen molar-refractivity contribution in [1.29, 1.82) is 0 Å². The number of nitrogens with two attached hydrogens (primary N) is 1. The maximum Gasteiger partial charge on any atom is 0.0967 e. The number of aromatic nitrogens is 1.